The Morgan fingerprint density at radius 1 is 1.56 bits per heavy atom. The SMILES string of the molecule is COCCn1nc(C(=O)O)cc1-c1ccn(C)c1. The predicted molar refractivity (Wildman–Crippen MR) is 65.5 cm³/mol. The summed E-state index contributed by atoms with van der Waals surface area (Å²) >= 11 is 0. The number of hydrogen-bond donors (Lipinski definition) is 1. The molecule has 18 heavy (non-hydrogen) atoms. The van der Waals surface area contributed by atoms with Gasteiger partial charge in [0, 0.05) is 32.1 Å². The molecule has 0 aliphatic heterocycles. The molecule has 0 amide bonds. The van der Waals surface area contributed by atoms with Gasteiger partial charge in [0.05, 0.1) is 18.8 Å². The van der Waals surface area contributed by atoms with Crippen molar-refractivity contribution in [3.05, 3.63) is 30.2 Å². The highest BCUT2D eigenvalue weighted by atomic mass is 16.5. The maximum atomic E-state index is 11.0. The Hall–Kier alpha value is -2.08. The highest BCUT2D eigenvalue weighted by Crippen LogP contribution is 2.21. The number of aromatic nitrogens is 3. The summed E-state index contributed by atoms with van der Waals surface area (Å²) < 4.78 is 8.56. The standard InChI is InChI=1S/C12H15N3O3/c1-14-4-3-9(8-14)11-7-10(12(16)17)13-15(11)5-6-18-2/h3-4,7-8H,5-6H2,1-2H3,(H,16,17). The molecule has 6 heteroatoms. The van der Waals surface area contributed by atoms with E-state index < -0.39 is 5.97 Å². The van der Waals surface area contributed by atoms with Crippen molar-refractivity contribution in [1.29, 1.82) is 0 Å². The molecule has 0 aromatic carbocycles. The highest BCUT2D eigenvalue weighted by molar-refractivity contribution is 5.86. The molecule has 0 aliphatic carbocycles. The van der Waals surface area contributed by atoms with Crippen molar-refractivity contribution in [1.82, 2.24) is 14.3 Å². The Morgan fingerprint density at radius 2 is 2.33 bits per heavy atom. The van der Waals surface area contributed by atoms with Crippen LogP contribution in [0.25, 0.3) is 11.3 Å². The van der Waals surface area contributed by atoms with Crippen molar-refractivity contribution >= 4 is 5.97 Å². The molecule has 0 saturated carbocycles. The summed E-state index contributed by atoms with van der Waals surface area (Å²) in [4.78, 5) is 11.0. The summed E-state index contributed by atoms with van der Waals surface area (Å²) in [5.74, 6) is -1.02. The zero-order valence-electron chi connectivity index (χ0n) is 10.3. The number of carboxylic acids is 1. The Morgan fingerprint density at radius 3 is 2.89 bits per heavy atom. The van der Waals surface area contributed by atoms with Gasteiger partial charge in [0.25, 0.3) is 0 Å². The summed E-state index contributed by atoms with van der Waals surface area (Å²) in [6.07, 6.45) is 3.83. The molecule has 0 unspecified atom stereocenters. The zero-order chi connectivity index (χ0) is 13.1. The normalized spacial score (nSPS) is 10.8. The van der Waals surface area contributed by atoms with Crippen LogP contribution in [0.2, 0.25) is 0 Å². The molecular weight excluding hydrogens is 234 g/mol. The van der Waals surface area contributed by atoms with Gasteiger partial charge in [-0.05, 0) is 12.1 Å². The highest BCUT2D eigenvalue weighted by Gasteiger charge is 2.14. The molecule has 6 nitrogen and oxygen atoms in total. The van der Waals surface area contributed by atoms with Crippen molar-refractivity contribution < 1.29 is 14.6 Å². The average molecular weight is 249 g/mol. The van der Waals surface area contributed by atoms with Crippen LogP contribution in [0, 0.1) is 0 Å². The molecule has 0 bridgehead atoms. The van der Waals surface area contributed by atoms with Gasteiger partial charge in [-0.25, -0.2) is 4.79 Å². The second-order valence-corrected chi connectivity index (χ2v) is 4.00. The molecule has 0 aliphatic rings. The van der Waals surface area contributed by atoms with Gasteiger partial charge >= 0.3 is 5.97 Å². The second kappa shape index (κ2) is 5.05. The van der Waals surface area contributed by atoms with Crippen LogP contribution in [-0.2, 0) is 18.3 Å². The predicted octanol–water partition coefficient (Wildman–Crippen LogP) is 1.23. The van der Waals surface area contributed by atoms with Gasteiger partial charge in [-0.15, -0.1) is 0 Å². The lowest BCUT2D eigenvalue weighted by molar-refractivity contribution is 0.0689. The van der Waals surface area contributed by atoms with Crippen LogP contribution in [-0.4, -0.2) is 39.1 Å². The summed E-state index contributed by atoms with van der Waals surface area (Å²) in [7, 11) is 3.52. The lowest BCUT2D eigenvalue weighted by atomic mass is 10.2. The quantitative estimate of drug-likeness (QED) is 0.865. The van der Waals surface area contributed by atoms with Gasteiger partial charge < -0.3 is 14.4 Å². The number of ether oxygens (including phenoxy) is 1. The number of aromatic carboxylic acids is 1. The number of carboxylic acid groups (broad SMARTS) is 1. The lowest BCUT2D eigenvalue weighted by Crippen LogP contribution is -2.08. The number of aryl methyl sites for hydroxylation is 1. The molecule has 0 saturated heterocycles. The molecule has 0 atom stereocenters. The van der Waals surface area contributed by atoms with E-state index in [-0.39, 0.29) is 5.69 Å². The first-order chi connectivity index (χ1) is 8.61. The maximum Gasteiger partial charge on any atom is 0.356 e. The Labute approximate surface area is 104 Å². The number of methoxy groups -OCH3 is 1. The third kappa shape index (κ3) is 2.43. The van der Waals surface area contributed by atoms with Crippen molar-refractivity contribution in [2.45, 2.75) is 6.54 Å². The fourth-order valence-electron chi connectivity index (χ4n) is 1.76. The molecule has 0 spiro atoms. The smallest absolute Gasteiger partial charge is 0.356 e. The number of rotatable bonds is 5. The van der Waals surface area contributed by atoms with Gasteiger partial charge in [0.1, 0.15) is 0 Å². The van der Waals surface area contributed by atoms with E-state index in [0.717, 1.165) is 11.3 Å². The van der Waals surface area contributed by atoms with Crippen LogP contribution < -0.4 is 0 Å². The van der Waals surface area contributed by atoms with Crippen LogP contribution in [0.5, 0.6) is 0 Å². The number of hydrogen-bond acceptors (Lipinski definition) is 3. The number of carbonyl (C=O) groups is 1. The van der Waals surface area contributed by atoms with Gasteiger partial charge in [0.2, 0.25) is 0 Å². The summed E-state index contributed by atoms with van der Waals surface area (Å²) in [6, 6.07) is 3.50. The average Bonchev–Trinajstić information content (AvgIpc) is 2.92. The largest absolute Gasteiger partial charge is 0.476 e. The molecule has 2 aromatic heterocycles. The van der Waals surface area contributed by atoms with Crippen LogP contribution >= 0.6 is 0 Å². The van der Waals surface area contributed by atoms with Gasteiger partial charge in [-0.2, -0.15) is 5.10 Å². The van der Waals surface area contributed by atoms with E-state index in [9.17, 15) is 4.79 Å². The van der Waals surface area contributed by atoms with Crippen molar-refractivity contribution in [2.75, 3.05) is 13.7 Å². The minimum atomic E-state index is -1.02. The molecule has 0 radical (unpaired) electrons. The molecule has 2 rings (SSSR count). The molecule has 0 fully saturated rings. The maximum absolute atomic E-state index is 11.0. The lowest BCUT2D eigenvalue weighted by Gasteiger charge is -2.04. The summed E-state index contributed by atoms with van der Waals surface area (Å²) in [5.41, 5.74) is 1.77. The van der Waals surface area contributed by atoms with E-state index in [4.69, 9.17) is 9.84 Å². The summed E-state index contributed by atoms with van der Waals surface area (Å²) in [6.45, 7) is 1.01. The van der Waals surface area contributed by atoms with Gasteiger partial charge in [-0.3, -0.25) is 4.68 Å². The minimum Gasteiger partial charge on any atom is -0.476 e. The molecular formula is C12H15N3O3. The van der Waals surface area contributed by atoms with Crippen molar-refractivity contribution in [3.63, 3.8) is 0 Å². The van der Waals surface area contributed by atoms with E-state index in [1.807, 2.05) is 30.1 Å². The monoisotopic (exact) mass is 249 g/mol. The first-order valence-corrected chi connectivity index (χ1v) is 5.54. The van der Waals surface area contributed by atoms with Crippen LogP contribution in [0.3, 0.4) is 0 Å². The third-order valence-electron chi connectivity index (χ3n) is 2.63. The van der Waals surface area contributed by atoms with Gasteiger partial charge in [-0.1, -0.05) is 0 Å². The number of nitrogens with zero attached hydrogens (tertiary/aromatic N) is 3. The fraction of sp³-hybridized carbons (Fsp3) is 0.333. The molecule has 96 valence electrons. The fourth-order valence-corrected chi connectivity index (χ4v) is 1.76. The first kappa shape index (κ1) is 12.4. The van der Waals surface area contributed by atoms with Crippen LogP contribution in [0.1, 0.15) is 10.5 Å². The topological polar surface area (TPSA) is 69.3 Å². The molecule has 2 aromatic rings. The van der Waals surface area contributed by atoms with Crippen molar-refractivity contribution in [3.8, 4) is 11.3 Å². The third-order valence-corrected chi connectivity index (χ3v) is 2.63. The van der Waals surface area contributed by atoms with E-state index in [0.29, 0.717) is 13.2 Å². The van der Waals surface area contributed by atoms with Crippen LogP contribution in [0.15, 0.2) is 24.5 Å². The first-order valence-electron chi connectivity index (χ1n) is 5.54. The zero-order valence-corrected chi connectivity index (χ0v) is 10.3. The van der Waals surface area contributed by atoms with E-state index in [1.165, 1.54) is 0 Å². The minimum absolute atomic E-state index is 0.0463. The summed E-state index contributed by atoms with van der Waals surface area (Å²) in [5, 5.41) is 13.0. The van der Waals surface area contributed by atoms with E-state index in [2.05, 4.69) is 5.10 Å². The van der Waals surface area contributed by atoms with E-state index in [1.54, 1.807) is 17.9 Å². The Kier molecular flexibility index (Phi) is 3.47. The molecule has 2 heterocycles. The van der Waals surface area contributed by atoms with Gasteiger partial charge in [0.15, 0.2) is 5.69 Å². The second-order valence-electron chi connectivity index (χ2n) is 4.00. The van der Waals surface area contributed by atoms with Crippen molar-refractivity contribution in [2.24, 2.45) is 7.05 Å². The Balaban J connectivity index is 2.40. The van der Waals surface area contributed by atoms with E-state index >= 15 is 0 Å². The Bertz CT molecular complexity index is 557. The van der Waals surface area contributed by atoms with Crippen LogP contribution in [0.4, 0.5) is 0 Å². The molecule has 1 N–H and O–H groups in total.